The minimum absolute atomic E-state index is 0.0526. The first-order valence-electron chi connectivity index (χ1n) is 7.86. The Bertz CT molecular complexity index is 377. The second-order valence-electron chi connectivity index (χ2n) is 6.48. The highest BCUT2D eigenvalue weighted by atomic mass is 14.7. The van der Waals surface area contributed by atoms with Gasteiger partial charge in [0.05, 0.1) is 0 Å². The average molecular weight is 290 g/mol. The number of hydrogen-bond donors (Lipinski definition) is 1. The molecule has 120 valence electrons. The number of benzene rings is 1. The van der Waals surface area contributed by atoms with E-state index in [1.165, 1.54) is 18.4 Å². The second-order valence-corrected chi connectivity index (χ2v) is 6.48. The van der Waals surface area contributed by atoms with Crippen LogP contribution in [0, 0.1) is 17.8 Å². The minimum Gasteiger partial charge on any atom is -0.325 e. The second kappa shape index (κ2) is 11.4. The molecule has 0 radical (unpaired) electrons. The summed E-state index contributed by atoms with van der Waals surface area (Å²) in [5, 5.41) is 0. The zero-order valence-corrected chi connectivity index (χ0v) is 15.2. The third-order valence-corrected chi connectivity index (χ3v) is 3.87. The van der Waals surface area contributed by atoms with Gasteiger partial charge in [-0.3, -0.25) is 0 Å². The Hall–Kier alpha value is -1.26. The van der Waals surface area contributed by atoms with E-state index in [0.717, 1.165) is 6.42 Å². The Morgan fingerprint density at radius 2 is 1.48 bits per heavy atom. The summed E-state index contributed by atoms with van der Waals surface area (Å²) >= 11 is 0. The van der Waals surface area contributed by atoms with Gasteiger partial charge in [-0.25, -0.2) is 0 Å². The van der Waals surface area contributed by atoms with Crippen molar-refractivity contribution in [1.29, 1.82) is 0 Å². The van der Waals surface area contributed by atoms with E-state index in [1.807, 2.05) is 6.07 Å². The topological polar surface area (TPSA) is 26.0 Å². The van der Waals surface area contributed by atoms with Gasteiger partial charge in [0.1, 0.15) is 0 Å². The summed E-state index contributed by atoms with van der Waals surface area (Å²) in [6, 6.07) is 10.5. The Morgan fingerprint density at radius 3 is 1.67 bits per heavy atom. The molecular formula is C20H35N. The van der Waals surface area contributed by atoms with Gasteiger partial charge < -0.3 is 5.73 Å². The smallest absolute Gasteiger partial charge is 0.0148 e. The van der Waals surface area contributed by atoms with Gasteiger partial charge in [-0.05, 0) is 44.6 Å². The van der Waals surface area contributed by atoms with Gasteiger partial charge in [0.25, 0.3) is 0 Å². The molecule has 1 aromatic rings. The van der Waals surface area contributed by atoms with Crippen LogP contribution in [0.2, 0.25) is 0 Å². The van der Waals surface area contributed by atoms with Gasteiger partial charge in [0.15, 0.2) is 0 Å². The molecule has 0 aromatic heterocycles. The van der Waals surface area contributed by atoms with Crippen molar-refractivity contribution in [2.45, 2.75) is 73.3 Å². The van der Waals surface area contributed by atoms with Crippen molar-refractivity contribution < 1.29 is 0 Å². The van der Waals surface area contributed by atoms with E-state index >= 15 is 0 Å². The summed E-state index contributed by atoms with van der Waals surface area (Å²) < 4.78 is 0. The van der Waals surface area contributed by atoms with E-state index in [1.54, 1.807) is 6.92 Å². The molecule has 0 saturated carbocycles. The number of nitrogens with two attached hydrogens (primary N) is 1. The molecule has 0 aliphatic heterocycles. The Labute approximate surface area is 133 Å². The molecule has 0 saturated heterocycles. The SMILES string of the molecule is C#CC.CCCC(C)(C)C(C)(C)N.CCc1ccccc1. The fourth-order valence-corrected chi connectivity index (χ4v) is 1.66. The average Bonchev–Trinajstić information content (AvgIpc) is 2.40. The Morgan fingerprint density at radius 1 is 1.05 bits per heavy atom. The standard InChI is InChI=1S/C9H21N.C8H10.C3H4/c1-6-7-8(2,3)9(4,5)10;1-2-8-6-4-3-5-7-8;1-3-2/h6-7,10H2,1-5H3;3-7H,2H2,1H3;1H,2H3. The van der Waals surface area contributed by atoms with Crippen LogP contribution in [0.25, 0.3) is 0 Å². The van der Waals surface area contributed by atoms with Crippen LogP contribution in [-0.2, 0) is 6.42 Å². The molecule has 0 fully saturated rings. The van der Waals surface area contributed by atoms with Crippen LogP contribution in [0.5, 0.6) is 0 Å². The monoisotopic (exact) mass is 289 g/mol. The first kappa shape index (κ1) is 22.0. The maximum absolute atomic E-state index is 6.00. The highest BCUT2D eigenvalue weighted by Gasteiger charge is 2.31. The van der Waals surface area contributed by atoms with Gasteiger partial charge in [-0.15, -0.1) is 12.3 Å². The highest BCUT2D eigenvalue weighted by Crippen LogP contribution is 2.32. The van der Waals surface area contributed by atoms with Gasteiger partial charge in [-0.1, -0.05) is 64.4 Å². The van der Waals surface area contributed by atoms with E-state index < -0.39 is 0 Å². The Kier molecular flexibility index (Phi) is 12.0. The molecule has 0 atom stereocenters. The molecule has 0 amide bonds. The van der Waals surface area contributed by atoms with E-state index in [4.69, 9.17) is 5.73 Å². The van der Waals surface area contributed by atoms with Crippen LogP contribution < -0.4 is 5.73 Å². The lowest BCUT2D eigenvalue weighted by Crippen LogP contribution is -2.47. The van der Waals surface area contributed by atoms with Gasteiger partial charge in [0.2, 0.25) is 0 Å². The van der Waals surface area contributed by atoms with Crippen molar-refractivity contribution in [3.8, 4) is 12.3 Å². The molecule has 21 heavy (non-hydrogen) atoms. The van der Waals surface area contributed by atoms with E-state index in [0.29, 0.717) is 0 Å². The number of hydrogen-bond acceptors (Lipinski definition) is 1. The fraction of sp³-hybridized carbons (Fsp3) is 0.600. The minimum atomic E-state index is -0.0526. The lowest BCUT2D eigenvalue weighted by atomic mass is 9.72. The highest BCUT2D eigenvalue weighted by molar-refractivity contribution is 5.13. The van der Waals surface area contributed by atoms with E-state index in [-0.39, 0.29) is 11.0 Å². The molecule has 0 unspecified atom stereocenters. The first-order chi connectivity index (χ1) is 9.66. The van der Waals surface area contributed by atoms with Crippen LogP contribution in [-0.4, -0.2) is 5.54 Å². The van der Waals surface area contributed by atoms with Crippen LogP contribution in [0.3, 0.4) is 0 Å². The molecule has 0 bridgehead atoms. The van der Waals surface area contributed by atoms with Crippen molar-refractivity contribution in [1.82, 2.24) is 0 Å². The van der Waals surface area contributed by atoms with Gasteiger partial charge in [0, 0.05) is 5.54 Å². The lowest BCUT2D eigenvalue weighted by Gasteiger charge is -2.38. The molecule has 0 aliphatic carbocycles. The van der Waals surface area contributed by atoms with Gasteiger partial charge >= 0.3 is 0 Å². The number of rotatable bonds is 4. The zero-order valence-electron chi connectivity index (χ0n) is 15.2. The summed E-state index contributed by atoms with van der Waals surface area (Å²) in [5.74, 6) is 2.25. The van der Waals surface area contributed by atoms with Crippen LogP contribution in [0.15, 0.2) is 30.3 Å². The summed E-state index contributed by atoms with van der Waals surface area (Å²) in [6.45, 7) is 14.7. The van der Waals surface area contributed by atoms with E-state index in [9.17, 15) is 0 Å². The predicted octanol–water partition coefficient (Wildman–Crippen LogP) is 5.44. The fourth-order valence-electron chi connectivity index (χ4n) is 1.66. The zero-order chi connectivity index (χ0) is 16.9. The maximum Gasteiger partial charge on any atom is 0.0148 e. The van der Waals surface area contributed by atoms with Crippen molar-refractivity contribution >= 4 is 0 Å². The summed E-state index contributed by atoms with van der Waals surface area (Å²) in [7, 11) is 0. The van der Waals surface area contributed by atoms with Crippen molar-refractivity contribution in [2.24, 2.45) is 11.1 Å². The predicted molar refractivity (Wildman–Crippen MR) is 97.3 cm³/mol. The van der Waals surface area contributed by atoms with Crippen molar-refractivity contribution in [3.63, 3.8) is 0 Å². The Balaban J connectivity index is 0. The molecule has 0 aliphatic rings. The third-order valence-electron chi connectivity index (χ3n) is 3.87. The summed E-state index contributed by atoms with van der Waals surface area (Å²) in [4.78, 5) is 0. The summed E-state index contributed by atoms with van der Waals surface area (Å²) in [5.41, 5.74) is 7.62. The van der Waals surface area contributed by atoms with Crippen LogP contribution >= 0.6 is 0 Å². The molecule has 1 nitrogen and oxygen atoms in total. The quantitative estimate of drug-likeness (QED) is 0.734. The largest absolute Gasteiger partial charge is 0.325 e. The van der Waals surface area contributed by atoms with Gasteiger partial charge in [-0.2, -0.15) is 0 Å². The molecule has 2 N–H and O–H groups in total. The van der Waals surface area contributed by atoms with E-state index in [2.05, 4.69) is 78.2 Å². The normalized spacial score (nSPS) is 10.4. The van der Waals surface area contributed by atoms with Crippen LogP contribution in [0.4, 0.5) is 0 Å². The molecule has 0 heterocycles. The molecule has 1 rings (SSSR count). The third kappa shape index (κ3) is 11.1. The maximum atomic E-state index is 6.00. The number of aryl methyl sites for hydroxylation is 1. The van der Waals surface area contributed by atoms with Crippen molar-refractivity contribution in [3.05, 3.63) is 35.9 Å². The summed E-state index contributed by atoms with van der Waals surface area (Å²) in [6.07, 6.45) is 8.16. The molecular weight excluding hydrogens is 254 g/mol. The van der Waals surface area contributed by atoms with Crippen molar-refractivity contribution in [2.75, 3.05) is 0 Å². The molecule has 1 aromatic carbocycles. The molecule has 0 spiro atoms. The van der Waals surface area contributed by atoms with Crippen LogP contribution in [0.1, 0.15) is 66.9 Å². The lowest BCUT2D eigenvalue weighted by molar-refractivity contribution is 0.184. The first-order valence-corrected chi connectivity index (χ1v) is 7.86. The molecule has 1 heteroatoms. The number of terminal acetylenes is 1.